The van der Waals surface area contributed by atoms with Crippen LogP contribution in [0.4, 0.5) is 11.4 Å². The van der Waals surface area contributed by atoms with E-state index in [0.717, 1.165) is 37.6 Å². The number of aromatic hydroxyl groups is 1. The Morgan fingerprint density at radius 2 is 1.47 bits per heavy atom. The van der Waals surface area contributed by atoms with Gasteiger partial charge in [0.2, 0.25) is 0 Å². The number of phenolic OH excluding ortho intramolecular Hbond substituents is 1. The Hall–Kier alpha value is -3.75. The van der Waals surface area contributed by atoms with Crippen molar-refractivity contribution in [3.63, 3.8) is 0 Å². The third kappa shape index (κ3) is 4.18. The maximum Gasteiger partial charge on any atom is 0.351 e. The zero-order valence-corrected chi connectivity index (χ0v) is 18.2. The molecule has 1 fully saturated rings. The molecule has 1 saturated heterocycles. The van der Waals surface area contributed by atoms with Crippen molar-refractivity contribution in [1.29, 1.82) is 0 Å². The van der Waals surface area contributed by atoms with Crippen LogP contribution in [0.1, 0.15) is 19.4 Å². The number of carbonyl (C=O) groups is 1. The second-order valence-electron chi connectivity index (χ2n) is 7.68. The highest BCUT2D eigenvalue weighted by molar-refractivity contribution is 5.73. The Bertz CT molecular complexity index is 1110. The van der Waals surface area contributed by atoms with E-state index in [4.69, 9.17) is 4.74 Å². The highest BCUT2D eigenvalue weighted by Crippen LogP contribution is 2.23. The number of nitrogens with zero attached hydrogens (tertiary/aromatic N) is 5. The Morgan fingerprint density at radius 3 is 1.97 bits per heavy atom. The van der Waals surface area contributed by atoms with Gasteiger partial charge in [-0.2, -0.15) is 9.78 Å². The minimum atomic E-state index is -0.738. The minimum Gasteiger partial charge on any atom is -0.508 e. The van der Waals surface area contributed by atoms with Gasteiger partial charge in [-0.25, -0.2) is 14.2 Å². The maximum atomic E-state index is 12.8. The van der Waals surface area contributed by atoms with Crippen molar-refractivity contribution in [1.82, 2.24) is 14.3 Å². The van der Waals surface area contributed by atoms with Crippen LogP contribution in [0.2, 0.25) is 0 Å². The number of anilines is 2. The molecule has 1 unspecified atom stereocenters. The van der Waals surface area contributed by atoms with Crippen molar-refractivity contribution in [3.8, 4) is 11.4 Å². The molecule has 9 nitrogen and oxygen atoms in total. The molecule has 1 atom stereocenters. The molecule has 2 aromatic carbocycles. The van der Waals surface area contributed by atoms with Gasteiger partial charge < -0.3 is 19.6 Å². The highest BCUT2D eigenvalue weighted by Gasteiger charge is 2.24. The number of phenols is 1. The molecule has 1 aliphatic rings. The van der Waals surface area contributed by atoms with Crippen LogP contribution in [-0.4, -0.2) is 58.7 Å². The molecule has 2 heterocycles. The molecule has 32 heavy (non-hydrogen) atoms. The first-order chi connectivity index (χ1) is 15.5. The molecule has 0 radical (unpaired) electrons. The molecule has 0 spiro atoms. The van der Waals surface area contributed by atoms with Gasteiger partial charge in [0.15, 0.2) is 6.04 Å². The van der Waals surface area contributed by atoms with E-state index in [9.17, 15) is 14.7 Å². The number of hydrogen-bond donors (Lipinski definition) is 1. The fraction of sp³-hybridized carbons (Fsp3) is 0.348. The lowest BCUT2D eigenvalue weighted by molar-refractivity contribution is -0.145. The Balaban J connectivity index is 1.45. The van der Waals surface area contributed by atoms with Gasteiger partial charge in [-0.15, -0.1) is 0 Å². The topological polar surface area (TPSA) is 92.8 Å². The zero-order chi connectivity index (χ0) is 22.7. The molecule has 3 aromatic rings. The summed E-state index contributed by atoms with van der Waals surface area (Å²) in [7, 11) is 1.30. The first-order valence-corrected chi connectivity index (χ1v) is 10.6. The largest absolute Gasteiger partial charge is 0.508 e. The number of aromatic nitrogens is 3. The average molecular weight is 438 g/mol. The molecule has 0 saturated carbocycles. The molecule has 0 amide bonds. The molecule has 1 N–H and O–H groups in total. The predicted octanol–water partition coefficient (Wildman–Crippen LogP) is 2.19. The number of rotatable bonds is 6. The van der Waals surface area contributed by atoms with Crippen LogP contribution in [0.25, 0.3) is 5.69 Å². The number of carbonyl (C=O) groups excluding carboxylic acids is 1. The minimum absolute atomic E-state index is 0.271. The summed E-state index contributed by atoms with van der Waals surface area (Å²) in [6.07, 6.45) is 1.85. The third-order valence-corrected chi connectivity index (χ3v) is 5.84. The van der Waals surface area contributed by atoms with E-state index >= 15 is 0 Å². The van der Waals surface area contributed by atoms with Crippen molar-refractivity contribution < 1.29 is 14.6 Å². The van der Waals surface area contributed by atoms with Crippen LogP contribution in [0.5, 0.6) is 5.75 Å². The summed E-state index contributed by atoms with van der Waals surface area (Å²) in [4.78, 5) is 29.3. The summed E-state index contributed by atoms with van der Waals surface area (Å²) >= 11 is 0. The van der Waals surface area contributed by atoms with Gasteiger partial charge in [0.05, 0.1) is 12.8 Å². The molecular formula is C23H27N5O4. The van der Waals surface area contributed by atoms with Crippen molar-refractivity contribution in [2.75, 3.05) is 43.1 Å². The standard InChI is InChI=1S/C23H27N5O4/c1-3-21(22(30)32-2)28-23(31)27(16-24-28)19-6-4-17(5-7-19)25-12-14-26(15-13-25)18-8-10-20(29)11-9-18/h4-11,16,21,29H,3,12-15H2,1-2H3. The van der Waals surface area contributed by atoms with E-state index in [0.29, 0.717) is 12.1 Å². The van der Waals surface area contributed by atoms with Crippen molar-refractivity contribution in [2.24, 2.45) is 0 Å². The van der Waals surface area contributed by atoms with Crippen LogP contribution < -0.4 is 15.5 Å². The highest BCUT2D eigenvalue weighted by atomic mass is 16.5. The first kappa shape index (κ1) is 21.5. The van der Waals surface area contributed by atoms with Crippen molar-refractivity contribution >= 4 is 17.3 Å². The monoisotopic (exact) mass is 437 g/mol. The van der Waals surface area contributed by atoms with E-state index in [-0.39, 0.29) is 11.4 Å². The predicted molar refractivity (Wildman–Crippen MR) is 122 cm³/mol. The summed E-state index contributed by atoms with van der Waals surface area (Å²) in [6, 6.07) is 14.3. The number of esters is 1. The van der Waals surface area contributed by atoms with Crippen molar-refractivity contribution in [2.45, 2.75) is 19.4 Å². The van der Waals surface area contributed by atoms with Gasteiger partial charge in [-0.05, 0) is 55.0 Å². The third-order valence-electron chi connectivity index (χ3n) is 5.84. The summed E-state index contributed by atoms with van der Waals surface area (Å²) in [5, 5.41) is 13.6. The second-order valence-corrected chi connectivity index (χ2v) is 7.68. The Labute approximate surface area is 186 Å². The summed E-state index contributed by atoms with van der Waals surface area (Å²) in [5.41, 5.74) is 2.50. The van der Waals surface area contributed by atoms with Gasteiger partial charge in [-0.3, -0.25) is 0 Å². The lowest BCUT2D eigenvalue weighted by Crippen LogP contribution is -2.46. The quantitative estimate of drug-likeness (QED) is 0.591. The Kier molecular flexibility index (Phi) is 6.16. The van der Waals surface area contributed by atoms with E-state index in [1.54, 1.807) is 12.1 Å². The summed E-state index contributed by atoms with van der Waals surface area (Å²) in [5.74, 6) is -0.214. The van der Waals surface area contributed by atoms with Crippen LogP contribution >= 0.6 is 0 Å². The molecule has 1 aliphatic heterocycles. The van der Waals surface area contributed by atoms with Gasteiger partial charge in [0.1, 0.15) is 12.1 Å². The van der Waals surface area contributed by atoms with Gasteiger partial charge >= 0.3 is 11.7 Å². The normalized spacial score (nSPS) is 14.9. The van der Waals surface area contributed by atoms with Crippen LogP contribution in [-0.2, 0) is 9.53 Å². The second kappa shape index (κ2) is 9.17. The molecule has 9 heteroatoms. The molecule has 0 bridgehead atoms. The van der Waals surface area contributed by atoms with Crippen LogP contribution in [0.3, 0.4) is 0 Å². The maximum absolute atomic E-state index is 12.8. The van der Waals surface area contributed by atoms with Gasteiger partial charge in [0, 0.05) is 37.6 Å². The van der Waals surface area contributed by atoms with Gasteiger partial charge in [-0.1, -0.05) is 6.92 Å². The van der Waals surface area contributed by atoms with Gasteiger partial charge in [0.25, 0.3) is 0 Å². The fourth-order valence-corrected chi connectivity index (χ4v) is 3.99. The lowest BCUT2D eigenvalue weighted by Gasteiger charge is -2.37. The van der Waals surface area contributed by atoms with Crippen LogP contribution in [0.15, 0.2) is 59.7 Å². The number of piperazine rings is 1. The van der Waals surface area contributed by atoms with Crippen molar-refractivity contribution in [3.05, 3.63) is 65.3 Å². The SMILES string of the molecule is CCC(C(=O)OC)n1ncn(-c2ccc(N3CCN(c4ccc(O)cc4)CC3)cc2)c1=O. The summed E-state index contributed by atoms with van der Waals surface area (Å²) < 4.78 is 7.38. The Morgan fingerprint density at radius 1 is 0.969 bits per heavy atom. The molecule has 4 rings (SSSR count). The summed E-state index contributed by atoms with van der Waals surface area (Å²) in [6.45, 7) is 5.31. The lowest BCUT2D eigenvalue weighted by atomic mass is 10.2. The smallest absolute Gasteiger partial charge is 0.351 e. The van der Waals surface area contributed by atoms with E-state index in [1.807, 2.05) is 43.3 Å². The fourth-order valence-electron chi connectivity index (χ4n) is 3.99. The molecule has 168 valence electrons. The number of methoxy groups -OCH3 is 1. The number of ether oxygens (including phenoxy) is 1. The zero-order valence-electron chi connectivity index (χ0n) is 18.2. The number of benzene rings is 2. The molecule has 0 aliphatic carbocycles. The average Bonchev–Trinajstić information content (AvgIpc) is 3.21. The van der Waals surface area contributed by atoms with E-state index in [1.165, 1.54) is 22.7 Å². The van der Waals surface area contributed by atoms with E-state index in [2.05, 4.69) is 14.9 Å². The molecular weight excluding hydrogens is 410 g/mol. The number of hydrogen-bond acceptors (Lipinski definition) is 7. The van der Waals surface area contributed by atoms with Crippen LogP contribution in [0, 0.1) is 0 Å². The molecule has 1 aromatic heterocycles. The van der Waals surface area contributed by atoms with E-state index < -0.39 is 12.0 Å². The first-order valence-electron chi connectivity index (χ1n) is 10.6.